The van der Waals surface area contributed by atoms with Crippen molar-refractivity contribution in [2.24, 2.45) is 0 Å². The zero-order valence-electron chi connectivity index (χ0n) is 19.3. The van der Waals surface area contributed by atoms with Gasteiger partial charge >= 0.3 is 0 Å². The molecule has 0 aromatic heterocycles. The lowest BCUT2D eigenvalue weighted by Gasteiger charge is -2.22. The number of rotatable bonds is 7. The molecule has 0 atom stereocenters. The van der Waals surface area contributed by atoms with E-state index in [1.165, 1.54) is 0 Å². The van der Waals surface area contributed by atoms with Crippen molar-refractivity contribution in [2.75, 3.05) is 33.3 Å². The van der Waals surface area contributed by atoms with E-state index in [2.05, 4.69) is 5.32 Å². The van der Waals surface area contributed by atoms with Crippen molar-refractivity contribution in [3.63, 3.8) is 0 Å². The van der Waals surface area contributed by atoms with Crippen molar-refractivity contribution < 1.29 is 28.5 Å². The third kappa shape index (κ3) is 4.91. The minimum Gasteiger partial charge on any atom is -0.497 e. The Balaban J connectivity index is 1.54. The highest BCUT2D eigenvalue weighted by molar-refractivity contribution is 6.04. The van der Waals surface area contributed by atoms with Crippen LogP contribution in [0.15, 0.2) is 60.7 Å². The summed E-state index contributed by atoms with van der Waals surface area (Å²) < 4.78 is 21.8. The molecular weight excluding hydrogens is 436 g/mol. The summed E-state index contributed by atoms with van der Waals surface area (Å²) in [6.07, 6.45) is 0. The van der Waals surface area contributed by atoms with Crippen LogP contribution in [0.25, 0.3) is 0 Å². The van der Waals surface area contributed by atoms with Gasteiger partial charge in [-0.15, -0.1) is 0 Å². The summed E-state index contributed by atoms with van der Waals surface area (Å²) in [5.41, 5.74) is 2.73. The Labute approximate surface area is 198 Å². The molecule has 0 saturated heterocycles. The second kappa shape index (κ2) is 10.2. The van der Waals surface area contributed by atoms with Gasteiger partial charge in [0.2, 0.25) is 0 Å². The van der Waals surface area contributed by atoms with Gasteiger partial charge in [0, 0.05) is 35.5 Å². The van der Waals surface area contributed by atoms with Gasteiger partial charge in [-0.2, -0.15) is 0 Å². The van der Waals surface area contributed by atoms with Crippen molar-refractivity contribution in [3.05, 3.63) is 77.4 Å². The Bertz CT molecular complexity index is 1190. The van der Waals surface area contributed by atoms with Crippen LogP contribution in [-0.4, -0.2) is 44.7 Å². The Morgan fingerprint density at radius 1 is 1.00 bits per heavy atom. The standard InChI is InChI=1S/C26H26N2O6/c1-31-21-10-7-17(8-11-21)26(30)27-20-9-12-22-19(13-20)15-28(24(29)16-34-22)14-18-5-4-6-23(32-2)25(18)33-3/h4-13H,14-16H2,1-3H3,(H,27,30). The zero-order valence-corrected chi connectivity index (χ0v) is 19.3. The summed E-state index contributed by atoms with van der Waals surface area (Å²) in [5, 5.41) is 2.90. The van der Waals surface area contributed by atoms with Gasteiger partial charge in [0.15, 0.2) is 18.1 Å². The zero-order chi connectivity index (χ0) is 24.1. The molecule has 1 heterocycles. The predicted molar refractivity (Wildman–Crippen MR) is 127 cm³/mol. The first-order valence-electron chi connectivity index (χ1n) is 10.7. The fourth-order valence-electron chi connectivity index (χ4n) is 3.82. The molecular formula is C26H26N2O6. The minimum atomic E-state index is -0.244. The van der Waals surface area contributed by atoms with E-state index in [-0.39, 0.29) is 18.4 Å². The van der Waals surface area contributed by atoms with Gasteiger partial charge in [0.25, 0.3) is 11.8 Å². The van der Waals surface area contributed by atoms with E-state index in [1.54, 1.807) is 62.6 Å². The quantitative estimate of drug-likeness (QED) is 0.574. The Hall–Kier alpha value is -4.20. The van der Waals surface area contributed by atoms with Crippen molar-refractivity contribution in [1.29, 1.82) is 0 Å². The number of benzene rings is 3. The Morgan fingerprint density at radius 2 is 1.79 bits per heavy atom. The molecule has 8 nitrogen and oxygen atoms in total. The molecule has 0 saturated carbocycles. The third-order valence-corrected chi connectivity index (χ3v) is 5.58. The topological polar surface area (TPSA) is 86.3 Å². The molecule has 3 aromatic carbocycles. The van der Waals surface area contributed by atoms with E-state index in [0.717, 1.165) is 11.1 Å². The van der Waals surface area contributed by atoms with E-state index >= 15 is 0 Å². The van der Waals surface area contributed by atoms with Crippen molar-refractivity contribution in [3.8, 4) is 23.0 Å². The Kier molecular flexibility index (Phi) is 6.87. The van der Waals surface area contributed by atoms with E-state index in [9.17, 15) is 9.59 Å². The number of para-hydroxylation sites is 1. The number of fused-ring (bicyclic) bond motifs is 1. The maximum Gasteiger partial charge on any atom is 0.261 e. The molecule has 1 N–H and O–H groups in total. The molecule has 1 aliphatic heterocycles. The van der Waals surface area contributed by atoms with Gasteiger partial charge in [0.05, 0.1) is 21.3 Å². The van der Waals surface area contributed by atoms with E-state index in [4.69, 9.17) is 18.9 Å². The molecule has 8 heteroatoms. The van der Waals surface area contributed by atoms with E-state index in [0.29, 0.717) is 47.3 Å². The largest absolute Gasteiger partial charge is 0.497 e. The molecule has 2 amide bonds. The van der Waals surface area contributed by atoms with Crippen LogP contribution in [0.2, 0.25) is 0 Å². The van der Waals surface area contributed by atoms with Gasteiger partial charge in [-0.3, -0.25) is 9.59 Å². The first-order chi connectivity index (χ1) is 16.5. The molecule has 3 aromatic rings. The number of hydrogen-bond donors (Lipinski definition) is 1. The minimum absolute atomic E-state index is 0.0726. The van der Waals surface area contributed by atoms with Crippen LogP contribution < -0.4 is 24.3 Å². The molecule has 0 fully saturated rings. The molecule has 0 aliphatic carbocycles. The van der Waals surface area contributed by atoms with Crippen molar-refractivity contribution in [1.82, 2.24) is 4.90 Å². The van der Waals surface area contributed by atoms with E-state index in [1.807, 2.05) is 24.3 Å². The maximum atomic E-state index is 12.8. The molecule has 1 aliphatic rings. The summed E-state index contributed by atoms with van der Waals surface area (Å²) in [6.45, 7) is 0.571. The van der Waals surface area contributed by atoms with Crippen molar-refractivity contribution in [2.45, 2.75) is 13.1 Å². The summed E-state index contributed by atoms with van der Waals surface area (Å²) >= 11 is 0. The first-order valence-corrected chi connectivity index (χ1v) is 10.7. The van der Waals surface area contributed by atoms with Crippen molar-refractivity contribution >= 4 is 17.5 Å². The van der Waals surface area contributed by atoms with Crippen LogP contribution in [0.4, 0.5) is 5.69 Å². The molecule has 0 unspecified atom stereocenters. The maximum absolute atomic E-state index is 12.8. The summed E-state index contributed by atoms with van der Waals surface area (Å²) in [7, 11) is 4.72. The van der Waals surface area contributed by atoms with Crippen LogP contribution >= 0.6 is 0 Å². The van der Waals surface area contributed by atoms with Gasteiger partial charge in [-0.05, 0) is 48.5 Å². The van der Waals surface area contributed by atoms with Gasteiger partial charge in [0.1, 0.15) is 11.5 Å². The molecule has 0 bridgehead atoms. The highest BCUT2D eigenvalue weighted by Gasteiger charge is 2.24. The van der Waals surface area contributed by atoms with Gasteiger partial charge in [-0.25, -0.2) is 0 Å². The number of nitrogens with one attached hydrogen (secondary N) is 1. The number of ether oxygens (including phenoxy) is 4. The van der Waals surface area contributed by atoms with Crippen LogP contribution in [0.5, 0.6) is 23.0 Å². The van der Waals surface area contributed by atoms with Gasteiger partial charge in [-0.1, -0.05) is 12.1 Å². The fraction of sp³-hybridized carbons (Fsp3) is 0.231. The molecule has 176 valence electrons. The summed E-state index contributed by atoms with van der Waals surface area (Å²) in [5.74, 6) is 2.08. The second-order valence-corrected chi connectivity index (χ2v) is 7.70. The lowest BCUT2D eigenvalue weighted by atomic mass is 10.1. The van der Waals surface area contributed by atoms with Crippen LogP contribution in [0, 0.1) is 0 Å². The smallest absolute Gasteiger partial charge is 0.261 e. The normalized spacial score (nSPS) is 12.8. The average molecular weight is 463 g/mol. The number of anilines is 1. The van der Waals surface area contributed by atoms with Crippen LogP contribution in [0.1, 0.15) is 21.5 Å². The third-order valence-electron chi connectivity index (χ3n) is 5.58. The highest BCUT2D eigenvalue weighted by Crippen LogP contribution is 2.33. The first kappa shape index (κ1) is 23.0. The SMILES string of the molecule is COc1ccc(C(=O)Nc2ccc3c(c2)CN(Cc2cccc(OC)c2OC)C(=O)CO3)cc1. The predicted octanol–water partition coefficient (Wildman–Crippen LogP) is 3.89. The average Bonchev–Trinajstić information content (AvgIpc) is 3.02. The molecule has 4 rings (SSSR count). The fourth-order valence-corrected chi connectivity index (χ4v) is 3.82. The van der Waals surface area contributed by atoms with Crippen LogP contribution in [0.3, 0.4) is 0 Å². The summed E-state index contributed by atoms with van der Waals surface area (Å²) in [6, 6.07) is 17.8. The Morgan fingerprint density at radius 3 is 2.50 bits per heavy atom. The molecule has 0 radical (unpaired) electrons. The monoisotopic (exact) mass is 462 g/mol. The van der Waals surface area contributed by atoms with Gasteiger partial charge < -0.3 is 29.2 Å². The number of carbonyl (C=O) groups is 2. The number of hydrogen-bond acceptors (Lipinski definition) is 6. The number of nitrogens with zero attached hydrogens (tertiary/aromatic N) is 1. The van der Waals surface area contributed by atoms with E-state index < -0.39 is 0 Å². The molecule has 0 spiro atoms. The lowest BCUT2D eigenvalue weighted by molar-refractivity contribution is -0.133. The number of methoxy groups -OCH3 is 3. The lowest BCUT2D eigenvalue weighted by Crippen LogP contribution is -2.32. The van der Waals surface area contributed by atoms with Crippen LogP contribution in [-0.2, 0) is 17.9 Å². The summed E-state index contributed by atoms with van der Waals surface area (Å²) in [4.78, 5) is 27.1. The number of carbonyl (C=O) groups excluding carboxylic acids is 2. The second-order valence-electron chi connectivity index (χ2n) is 7.70. The number of amides is 2. The highest BCUT2D eigenvalue weighted by atomic mass is 16.5. The molecule has 34 heavy (non-hydrogen) atoms.